The molecule has 1 aliphatic rings. The number of nitrogens with zero attached hydrogens (tertiary/aromatic N) is 1. The summed E-state index contributed by atoms with van der Waals surface area (Å²) < 4.78 is 0. The van der Waals surface area contributed by atoms with Crippen LogP contribution in [0.5, 0.6) is 0 Å². The van der Waals surface area contributed by atoms with E-state index in [1.807, 2.05) is 18.2 Å². The van der Waals surface area contributed by atoms with Crippen LogP contribution in [0.3, 0.4) is 0 Å². The van der Waals surface area contributed by atoms with Crippen LogP contribution in [0.15, 0.2) is 47.1 Å². The Bertz CT molecular complexity index is 524. The monoisotopic (exact) mass is 254 g/mol. The van der Waals surface area contributed by atoms with Gasteiger partial charge in [0.2, 0.25) is 0 Å². The van der Waals surface area contributed by atoms with E-state index in [2.05, 4.69) is 42.9 Å². The second-order valence-corrected chi connectivity index (χ2v) is 4.94. The van der Waals surface area contributed by atoms with E-state index in [-0.39, 0.29) is 0 Å². The number of amidine groups is 1. The molecule has 1 N–H and O–H groups in total. The van der Waals surface area contributed by atoms with Gasteiger partial charge >= 0.3 is 0 Å². The highest BCUT2D eigenvalue weighted by atomic mass is 15.0. The molecule has 0 unspecified atom stereocenters. The molecule has 1 heterocycles. The minimum absolute atomic E-state index is 0.798. The largest absolute Gasteiger partial charge is 0.344 e. The van der Waals surface area contributed by atoms with E-state index in [9.17, 15) is 0 Å². The first-order valence-electron chi connectivity index (χ1n) is 6.98. The van der Waals surface area contributed by atoms with Crippen LogP contribution >= 0.6 is 0 Å². The molecule has 0 saturated carbocycles. The average molecular weight is 254 g/mol. The van der Waals surface area contributed by atoms with Crippen LogP contribution in [0, 0.1) is 0 Å². The number of aliphatic imine (C=N–C) groups is 1. The van der Waals surface area contributed by atoms with Gasteiger partial charge in [-0.2, -0.15) is 0 Å². The predicted molar refractivity (Wildman–Crippen MR) is 83.3 cm³/mol. The van der Waals surface area contributed by atoms with Crippen LogP contribution in [0.4, 0.5) is 0 Å². The molecule has 0 saturated heterocycles. The molecular weight excluding hydrogens is 232 g/mol. The topological polar surface area (TPSA) is 24.4 Å². The highest BCUT2D eigenvalue weighted by Crippen LogP contribution is 2.18. The minimum Gasteiger partial charge on any atom is -0.344 e. The Morgan fingerprint density at radius 1 is 1.37 bits per heavy atom. The SMILES string of the molecule is C=Cc1ccccc1C1=NCC(C)=C(CCCC)N1. The van der Waals surface area contributed by atoms with Crippen molar-refractivity contribution in [1.82, 2.24) is 5.32 Å². The summed E-state index contributed by atoms with van der Waals surface area (Å²) in [6.45, 7) is 9.06. The number of unbranched alkanes of at least 4 members (excludes halogenated alkanes) is 1. The third kappa shape index (κ3) is 3.14. The van der Waals surface area contributed by atoms with Gasteiger partial charge in [-0.15, -0.1) is 0 Å². The third-order valence-electron chi connectivity index (χ3n) is 3.47. The molecule has 0 spiro atoms. The van der Waals surface area contributed by atoms with E-state index in [4.69, 9.17) is 0 Å². The van der Waals surface area contributed by atoms with Gasteiger partial charge in [0.1, 0.15) is 5.84 Å². The van der Waals surface area contributed by atoms with Crippen molar-refractivity contribution >= 4 is 11.9 Å². The van der Waals surface area contributed by atoms with Gasteiger partial charge in [0, 0.05) is 11.3 Å². The molecule has 0 aromatic heterocycles. The minimum atomic E-state index is 0.798. The lowest BCUT2D eigenvalue weighted by Crippen LogP contribution is -2.29. The Balaban J connectivity index is 2.21. The Morgan fingerprint density at radius 2 is 2.16 bits per heavy atom. The fourth-order valence-corrected chi connectivity index (χ4v) is 2.25. The zero-order chi connectivity index (χ0) is 13.7. The lowest BCUT2D eigenvalue weighted by molar-refractivity contribution is 0.742. The van der Waals surface area contributed by atoms with Gasteiger partial charge in [-0.3, -0.25) is 4.99 Å². The molecule has 0 atom stereocenters. The quantitative estimate of drug-likeness (QED) is 0.839. The molecule has 2 rings (SSSR count). The van der Waals surface area contributed by atoms with Crippen LogP contribution in [0.2, 0.25) is 0 Å². The van der Waals surface area contributed by atoms with Gasteiger partial charge in [-0.05, 0) is 30.9 Å². The van der Waals surface area contributed by atoms with Crippen molar-refractivity contribution in [3.63, 3.8) is 0 Å². The smallest absolute Gasteiger partial charge is 0.133 e. The van der Waals surface area contributed by atoms with Gasteiger partial charge in [0.25, 0.3) is 0 Å². The molecule has 19 heavy (non-hydrogen) atoms. The van der Waals surface area contributed by atoms with Gasteiger partial charge in [-0.25, -0.2) is 0 Å². The van der Waals surface area contributed by atoms with E-state index in [1.54, 1.807) is 0 Å². The predicted octanol–water partition coefficient (Wildman–Crippen LogP) is 4.14. The molecular formula is C17H22N2. The van der Waals surface area contributed by atoms with Crippen molar-refractivity contribution in [2.24, 2.45) is 4.99 Å². The van der Waals surface area contributed by atoms with Crippen LogP contribution in [0.1, 0.15) is 44.2 Å². The molecule has 1 aromatic carbocycles. The van der Waals surface area contributed by atoms with Crippen molar-refractivity contribution < 1.29 is 0 Å². The fourth-order valence-electron chi connectivity index (χ4n) is 2.25. The summed E-state index contributed by atoms with van der Waals surface area (Å²) in [5.41, 5.74) is 4.96. The molecule has 100 valence electrons. The second-order valence-electron chi connectivity index (χ2n) is 4.94. The summed E-state index contributed by atoms with van der Waals surface area (Å²) >= 11 is 0. The number of hydrogen-bond acceptors (Lipinski definition) is 2. The molecule has 1 aliphatic heterocycles. The summed E-state index contributed by atoms with van der Waals surface area (Å²) in [4.78, 5) is 4.65. The van der Waals surface area contributed by atoms with E-state index in [0.717, 1.165) is 29.9 Å². The molecule has 2 heteroatoms. The number of rotatable bonds is 5. The standard InChI is InChI=1S/C17H22N2/c1-4-6-11-16-13(3)12-18-17(19-16)15-10-8-7-9-14(15)5-2/h5,7-10H,2,4,6,11-12H2,1,3H3,(H,18,19). The zero-order valence-electron chi connectivity index (χ0n) is 11.9. The number of nitrogens with one attached hydrogen (secondary N) is 1. The van der Waals surface area contributed by atoms with Gasteiger partial charge < -0.3 is 5.32 Å². The molecule has 0 aliphatic carbocycles. The first kappa shape index (κ1) is 13.6. The van der Waals surface area contributed by atoms with Crippen molar-refractivity contribution in [2.75, 3.05) is 6.54 Å². The van der Waals surface area contributed by atoms with Gasteiger partial charge in [0.15, 0.2) is 0 Å². The van der Waals surface area contributed by atoms with Crippen LogP contribution in [0.25, 0.3) is 6.08 Å². The van der Waals surface area contributed by atoms with E-state index >= 15 is 0 Å². The summed E-state index contributed by atoms with van der Waals surface area (Å²) in [6, 6.07) is 8.25. The molecule has 1 aromatic rings. The number of allylic oxidation sites excluding steroid dienone is 1. The summed E-state index contributed by atoms with van der Waals surface area (Å²) in [5, 5.41) is 3.51. The first-order chi connectivity index (χ1) is 9.26. The highest BCUT2D eigenvalue weighted by molar-refractivity contribution is 6.03. The van der Waals surface area contributed by atoms with Gasteiger partial charge in [-0.1, -0.05) is 50.3 Å². The number of hydrogen-bond donors (Lipinski definition) is 1. The molecule has 0 bridgehead atoms. The maximum atomic E-state index is 4.65. The summed E-state index contributed by atoms with van der Waals surface area (Å²) in [6.07, 6.45) is 5.43. The van der Waals surface area contributed by atoms with Crippen LogP contribution < -0.4 is 5.32 Å². The molecule has 2 nitrogen and oxygen atoms in total. The van der Waals surface area contributed by atoms with Gasteiger partial charge in [0.05, 0.1) is 6.54 Å². The first-order valence-corrected chi connectivity index (χ1v) is 6.98. The Labute approximate surface area is 116 Å². The zero-order valence-corrected chi connectivity index (χ0v) is 11.9. The van der Waals surface area contributed by atoms with E-state index in [1.165, 1.54) is 24.1 Å². The second kappa shape index (κ2) is 6.37. The summed E-state index contributed by atoms with van der Waals surface area (Å²) in [7, 11) is 0. The average Bonchev–Trinajstić information content (AvgIpc) is 2.46. The maximum absolute atomic E-state index is 4.65. The molecule has 0 amide bonds. The highest BCUT2D eigenvalue weighted by Gasteiger charge is 2.14. The summed E-state index contributed by atoms with van der Waals surface area (Å²) in [5.74, 6) is 0.979. The fraction of sp³-hybridized carbons (Fsp3) is 0.353. The van der Waals surface area contributed by atoms with Crippen molar-refractivity contribution in [3.05, 3.63) is 53.2 Å². The normalized spacial score (nSPS) is 14.9. The van der Waals surface area contributed by atoms with Crippen molar-refractivity contribution in [1.29, 1.82) is 0 Å². The number of benzene rings is 1. The van der Waals surface area contributed by atoms with E-state index in [0.29, 0.717) is 0 Å². The Hall–Kier alpha value is -1.83. The third-order valence-corrected chi connectivity index (χ3v) is 3.47. The van der Waals surface area contributed by atoms with Crippen molar-refractivity contribution in [2.45, 2.75) is 33.1 Å². The van der Waals surface area contributed by atoms with Crippen molar-refractivity contribution in [3.8, 4) is 0 Å². The van der Waals surface area contributed by atoms with E-state index < -0.39 is 0 Å². The maximum Gasteiger partial charge on any atom is 0.133 e. The Kier molecular flexibility index (Phi) is 4.56. The van der Waals surface area contributed by atoms with Crippen LogP contribution in [-0.4, -0.2) is 12.4 Å². The molecule has 0 fully saturated rings. The lowest BCUT2D eigenvalue weighted by atomic mass is 10.0. The van der Waals surface area contributed by atoms with Crippen LogP contribution in [-0.2, 0) is 0 Å². The molecule has 0 radical (unpaired) electrons. The lowest BCUT2D eigenvalue weighted by Gasteiger charge is -2.21. The Morgan fingerprint density at radius 3 is 2.89 bits per heavy atom.